The summed E-state index contributed by atoms with van der Waals surface area (Å²) < 4.78 is 6.80. The van der Waals surface area contributed by atoms with Crippen LogP contribution < -0.4 is 10.5 Å². The van der Waals surface area contributed by atoms with E-state index in [0.29, 0.717) is 0 Å². The summed E-state index contributed by atoms with van der Waals surface area (Å²) in [4.78, 5) is 0. The number of fused-ring (bicyclic) bond motifs is 1. The number of hydrogen-bond donors (Lipinski definition) is 1. The summed E-state index contributed by atoms with van der Waals surface area (Å²) in [6.07, 6.45) is 6.03. The molecule has 2 aliphatic rings. The molecule has 0 unspecified atom stereocenters. The lowest BCUT2D eigenvalue weighted by molar-refractivity contribution is 0.401. The number of hydrogen-bond acceptors (Lipinski definition) is 2. The topological polar surface area (TPSA) is 35.2 Å². The Morgan fingerprint density at radius 2 is 2.18 bits per heavy atom. The molecular weight excluding hydrogens is 278 g/mol. The summed E-state index contributed by atoms with van der Waals surface area (Å²) >= 11 is 3.73. The van der Waals surface area contributed by atoms with Crippen LogP contribution in [0.4, 0.5) is 0 Å². The van der Waals surface area contributed by atoms with Crippen LogP contribution in [0.15, 0.2) is 10.5 Å². The van der Waals surface area contributed by atoms with Crippen molar-refractivity contribution >= 4 is 15.9 Å². The molecule has 0 aliphatic heterocycles. The lowest BCUT2D eigenvalue weighted by Gasteiger charge is -2.20. The fourth-order valence-electron chi connectivity index (χ4n) is 3.00. The maximum Gasteiger partial charge on any atom is 0.137 e. The number of ether oxygens (including phenoxy) is 1. The molecule has 17 heavy (non-hydrogen) atoms. The van der Waals surface area contributed by atoms with Gasteiger partial charge in [0.25, 0.3) is 0 Å². The van der Waals surface area contributed by atoms with E-state index in [0.717, 1.165) is 12.3 Å². The van der Waals surface area contributed by atoms with Crippen molar-refractivity contribution in [2.24, 2.45) is 5.73 Å². The molecule has 2 N–H and O–H groups in total. The zero-order valence-corrected chi connectivity index (χ0v) is 11.8. The summed E-state index contributed by atoms with van der Waals surface area (Å²) in [5.41, 5.74) is 10.4. The van der Waals surface area contributed by atoms with Crippen LogP contribution in [0.5, 0.6) is 5.75 Å². The Kier molecular flexibility index (Phi) is 2.71. The number of rotatable bonds is 3. The van der Waals surface area contributed by atoms with E-state index in [4.69, 9.17) is 10.5 Å². The van der Waals surface area contributed by atoms with Gasteiger partial charge in [0.05, 0.1) is 11.6 Å². The van der Waals surface area contributed by atoms with Crippen LogP contribution in [-0.4, -0.2) is 13.7 Å². The van der Waals surface area contributed by atoms with E-state index in [1.807, 2.05) is 0 Å². The van der Waals surface area contributed by atoms with Crippen molar-refractivity contribution in [3.8, 4) is 5.75 Å². The molecule has 0 atom stereocenters. The van der Waals surface area contributed by atoms with Crippen molar-refractivity contribution < 1.29 is 4.74 Å². The second-order valence-corrected chi connectivity index (χ2v) is 6.04. The third kappa shape index (κ3) is 1.63. The van der Waals surface area contributed by atoms with Crippen LogP contribution >= 0.6 is 15.9 Å². The summed E-state index contributed by atoms with van der Waals surface area (Å²) in [6, 6.07) is 2.35. The van der Waals surface area contributed by atoms with Gasteiger partial charge in [-0.2, -0.15) is 0 Å². The van der Waals surface area contributed by atoms with E-state index in [-0.39, 0.29) is 5.41 Å². The van der Waals surface area contributed by atoms with Crippen molar-refractivity contribution in [3.63, 3.8) is 0 Å². The number of benzene rings is 1. The van der Waals surface area contributed by atoms with Gasteiger partial charge in [0.2, 0.25) is 0 Å². The van der Waals surface area contributed by atoms with Crippen LogP contribution in [0.1, 0.15) is 36.0 Å². The molecule has 0 saturated heterocycles. The Balaban J connectivity index is 2.18. The second-order valence-electron chi connectivity index (χ2n) is 5.25. The first-order valence-electron chi connectivity index (χ1n) is 6.30. The van der Waals surface area contributed by atoms with Gasteiger partial charge in [-0.1, -0.05) is 6.07 Å². The Morgan fingerprint density at radius 1 is 1.41 bits per heavy atom. The first-order chi connectivity index (χ1) is 8.22. The average Bonchev–Trinajstić information content (AvgIpc) is 3.00. The molecule has 0 spiro atoms. The highest BCUT2D eigenvalue weighted by atomic mass is 79.9. The van der Waals surface area contributed by atoms with Gasteiger partial charge in [-0.05, 0) is 59.2 Å². The van der Waals surface area contributed by atoms with Crippen molar-refractivity contribution in [2.45, 2.75) is 37.5 Å². The van der Waals surface area contributed by atoms with E-state index in [2.05, 4.69) is 22.0 Å². The highest BCUT2D eigenvalue weighted by molar-refractivity contribution is 9.10. The number of aryl methyl sites for hydroxylation is 1. The molecule has 3 heteroatoms. The lowest BCUT2D eigenvalue weighted by Crippen LogP contribution is -2.21. The molecular formula is C14H18BrNO. The van der Waals surface area contributed by atoms with Gasteiger partial charge in [0, 0.05) is 17.5 Å². The standard InChI is InChI=1S/C14H18BrNO/c1-17-13-11(14(8-16)5-6-14)7-9-3-2-4-10(9)12(13)15/h7H,2-6,8,16H2,1H3. The zero-order chi connectivity index (χ0) is 12.0. The highest BCUT2D eigenvalue weighted by Crippen LogP contribution is 2.53. The molecule has 1 aromatic rings. The minimum absolute atomic E-state index is 0.200. The molecule has 3 rings (SSSR count). The summed E-state index contributed by atoms with van der Waals surface area (Å²) in [6.45, 7) is 0.731. The van der Waals surface area contributed by atoms with Crippen molar-refractivity contribution in [1.82, 2.24) is 0 Å². The third-order valence-corrected chi connectivity index (χ3v) is 5.15. The quantitative estimate of drug-likeness (QED) is 0.931. The molecule has 1 fully saturated rings. The average molecular weight is 296 g/mol. The zero-order valence-electron chi connectivity index (χ0n) is 10.2. The second kappa shape index (κ2) is 3.99. The Hall–Kier alpha value is -0.540. The molecule has 0 aromatic heterocycles. The Bertz CT molecular complexity index is 466. The fourth-order valence-corrected chi connectivity index (χ4v) is 3.83. The Morgan fingerprint density at radius 3 is 2.76 bits per heavy atom. The van der Waals surface area contributed by atoms with Crippen LogP contribution in [0, 0.1) is 0 Å². The van der Waals surface area contributed by atoms with Gasteiger partial charge in [0.15, 0.2) is 0 Å². The molecule has 0 bridgehead atoms. The van der Waals surface area contributed by atoms with Gasteiger partial charge in [-0.15, -0.1) is 0 Å². The Labute approximate surface area is 111 Å². The number of methoxy groups -OCH3 is 1. The monoisotopic (exact) mass is 295 g/mol. The largest absolute Gasteiger partial charge is 0.495 e. The van der Waals surface area contributed by atoms with Crippen LogP contribution in [0.2, 0.25) is 0 Å². The maximum absolute atomic E-state index is 5.95. The molecule has 0 radical (unpaired) electrons. The molecule has 0 amide bonds. The molecule has 92 valence electrons. The van der Waals surface area contributed by atoms with Crippen molar-refractivity contribution in [2.75, 3.05) is 13.7 Å². The van der Waals surface area contributed by atoms with E-state index in [9.17, 15) is 0 Å². The fraction of sp³-hybridized carbons (Fsp3) is 0.571. The molecule has 1 saturated carbocycles. The van der Waals surface area contributed by atoms with Gasteiger partial charge in [0.1, 0.15) is 5.75 Å². The first kappa shape index (κ1) is 11.5. The molecule has 1 aromatic carbocycles. The van der Waals surface area contributed by atoms with Gasteiger partial charge >= 0.3 is 0 Å². The molecule has 0 heterocycles. The minimum Gasteiger partial charge on any atom is -0.495 e. The summed E-state index contributed by atoms with van der Waals surface area (Å²) in [5, 5.41) is 0. The number of halogens is 1. The lowest BCUT2D eigenvalue weighted by atomic mass is 9.92. The summed E-state index contributed by atoms with van der Waals surface area (Å²) in [7, 11) is 1.76. The molecule has 2 nitrogen and oxygen atoms in total. The van der Waals surface area contributed by atoms with Crippen LogP contribution in [0.25, 0.3) is 0 Å². The first-order valence-corrected chi connectivity index (χ1v) is 7.10. The van der Waals surface area contributed by atoms with Gasteiger partial charge < -0.3 is 10.5 Å². The third-order valence-electron chi connectivity index (χ3n) is 4.31. The molecule has 2 aliphatic carbocycles. The van der Waals surface area contributed by atoms with E-state index < -0.39 is 0 Å². The van der Waals surface area contributed by atoms with Gasteiger partial charge in [-0.25, -0.2) is 0 Å². The van der Waals surface area contributed by atoms with E-state index in [1.54, 1.807) is 7.11 Å². The maximum atomic E-state index is 5.95. The SMILES string of the molecule is COc1c(C2(CN)CC2)cc2c(c1Br)CCC2. The smallest absolute Gasteiger partial charge is 0.137 e. The van der Waals surface area contributed by atoms with Crippen molar-refractivity contribution in [1.29, 1.82) is 0 Å². The van der Waals surface area contributed by atoms with Gasteiger partial charge in [-0.3, -0.25) is 0 Å². The normalized spacial score (nSPS) is 20.2. The van der Waals surface area contributed by atoms with Crippen LogP contribution in [-0.2, 0) is 18.3 Å². The summed E-state index contributed by atoms with van der Waals surface area (Å²) in [5.74, 6) is 1.02. The van der Waals surface area contributed by atoms with E-state index in [1.165, 1.54) is 53.3 Å². The highest BCUT2D eigenvalue weighted by Gasteiger charge is 2.46. The van der Waals surface area contributed by atoms with E-state index >= 15 is 0 Å². The number of nitrogens with two attached hydrogens (primary N) is 1. The van der Waals surface area contributed by atoms with Crippen molar-refractivity contribution in [3.05, 3.63) is 27.2 Å². The predicted molar refractivity (Wildman–Crippen MR) is 72.7 cm³/mol. The predicted octanol–water partition coefficient (Wildman–Crippen LogP) is 2.94. The van der Waals surface area contributed by atoms with Crippen LogP contribution in [0.3, 0.4) is 0 Å². The minimum atomic E-state index is 0.200.